The molecule has 0 unspecified atom stereocenters. The van der Waals surface area contributed by atoms with Gasteiger partial charge in [-0.2, -0.15) is 0 Å². The highest BCUT2D eigenvalue weighted by Gasteiger charge is 2.38. The van der Waals surface area contributed by atoms with Gasteiger partial charge in [0.25, 0.3) is 0 Å². The molecule has 2 aliphatic heterocycles. The third kappa shape index (κ3) is 3.18. The monoisotopic (exact) mass is 279 g/mol. The molecule has 0 atom stereocenters. The quantitative estimate of drug-likeness (QED) is 0.918. The number of nitrogens with one attached hydrogen (secondary N) is 1. The van der Waals surface area contributed by atoms with E-state index in [9.17, 15) is 0 Å². The molecule has 1 aromatic heterocycles. The van der Waals surface area contributed by atoms with Crippen molar-refractivity contribution in [2.24, 2.45) is 5.41 Å². The summed E-state index contributed by atoms with van der Waals surface area (Å²) in [5.74, 6) is 0. The molecule has 3 nitrogen and oxygen atoms in total. The maximum absolute atomic E-state index is 4.76. The SMILES string of the molecule is CCCc1csc(CN2CCC3(CCNCC3)C2)n1. The van der Waals surface area contributed by atoms with Crippen molar-refractivity contribution in [1.29, 1.82) is 0 Å². The second-order valence-corrected chi connectivity index (χ2v) is 7.14. The Kier molecular flexibility index (Phi) is 4.20. The second kappa shape index (κ2) is 5.90. The van der Waals surface area contributed by atoms with Crippen LogP contribution in [0, 0.1) is 5.41 Å². The number of thiazole rings is 1. The van der Waals surface area contributed by atoms with Crippen molar-refractivity contribution in [1.82, 2.24) is 15.2 Å². The molecular weight excluding hydrogens is 254 g/mol. The fraction of sp³-hybridized carbons (Fsp3) is 0.800. The Morgan fingerprint density at radius 2 is 2.21 bits per heavy atom. The predicted octanol–water partition coefficient (Wildman–Crippen LogP) is 2.67. The van der Waals surface area contributed by atoms with Crippen LogP contribution in [0.15, 0.2) is 5.38 Å². The molecule has 2 saturated heterocycles. The first kappa shape index (κ1) is 13.5. The van der Waals surface area contributed by atoms with Gasteiger partial charge in [0.1, 0.15) is 5.01 Å². The summed E-state index contributed by atoms with van der Waals surface area (Å²) in [6.07, 6.45) is 6.45. The van der Waals surface area contributed by atoms with Crippen LogP contribution in [-0.4, -0.2) is 36.1 Å². The maximum Gasteiger partial charge on any atom is 0.107 e. The molecule has 0 saturated carbocycles. The van der Waals surface area contributed by atoms with Crippen LogP contribution in [0.3, 0.4) is 0 Å². The van der Waals surface area contributed by atoms with Gasteiger partial charge in [0.2, 0.25) is 0 Å². The summed E-state index contributed by atoms with van der Waals surface area (Å²) in [4.78, 5) is 7.39. The summed E-state index contributed by atoms with van der Waals surface area (Å²) in [5, 5.41) is 7.05. The molecule has 2 fully saturated rings. The molecule has 4 heteroatoms. The first-order chi connectivity index (χ1) is 9.30. The molecular formula is C15H25N3S. The predicted molar refractivity (Wildman–Crippen MR) is 80.5 cm³/mol. The maximum atomic E-state index is 4.76. The van der Waals surface area contributed by atoms with E-state index in [1.54, 1.807) is 0 Å². The smallest absolute Gasteiger partial charge is 0.107 e. The van der Waals surface area contributed by atoms with E-state index in [0.29, 0.717) is 5.41 Å². The van der Waals surface area contributed by atoms with Gasteiger partial charge in [-0.15, -0.1) is 11.3 Å². The zero-order valence-electron chi connectivity index (χ0n) is 12.0. The molecule has 19 heavy (non-hydrogen) atoms. The minimum atomic E-state index is 0.620. The zero-order valence-corrected chi connectivity index (χ0v) is 12.8. The Morgan fingerprint density at radius 3 is 3.00 bits per heavy atom. The van der Waals surface area contributed by atoms with Crippen molar-refractivity contribution in [2.45, 2.75) is 45.6 Å². The van der Waals surface area contributed by atoms with Crippen LogP contribution in [0.1, 0.15) is 43.3 Å². The highest BCUT2D eigenvalue weighted by Crippen LogP contribution is 2.39. The Balaban J connectivity index is 1.55. The van der Waals surface area contributed by atoms with Gasteiger partial charge in [-0.05, 0) is 50.7 Å². The summed E-state index contributed by atoms with van der Waals surface area (Å²) in [6, 6.07) is 0. The zero-order chi connectivity index (χ0) is 13.1. The van der Waals surface area contributed by atoms with E-state index in [1.165, 1.54) is 62.6 Å². The van der Waals surface area contributed by atoms with Gasteiger partial charge in [0, 0.05) is 11.9 Å². The lowest BCUT2D eigenvalue weighted by atomic mass is 9.78. The van der Waals surface area contributed by atoms with Gasteiger partial charge in [0.15, 0.2) is 0 Å². The molecule has 0 aliphatic carbocycles. The third-order valence-corrected chi connectivity index (χ3v) is 5.53. The number of aryl methyl sites for hydroxylation is 1. The van der Waals surface area contributed by atoms with Crippen LogP contribution in [-0.2, 0) is 13.0 Å². The number of nitrogens with zero attached hydrogens (tertiary/aromatic N) is 2. The Labute approximate surface area is 120 Å². The summed E-state index contributed by atoms with van der Waals surface area (Å²) in [7, 11) is 0. The van der Waals surface area contributed by atoms with Crippen molar-refractivity contribution in [3.8, 4) is 0 Å². The number of likely N-dealkylation sites (tertiary alicyclic amines) is 1. The summed E-state index contributed by atoms with van der Waals surface area (Å²) in [5.41, 5.74) is 1.91. The molecule has 1 N–H and O–H groups in total. The van der Waals surface area contributed by atoms with Gasteiger partial charge in [-0.25, -0.2) is 4.98 Å². The first-order valence-corrected chi connectivity index (χ1v) is 8.54. The average Bonchev–Trinajstić information content (AvgIpc) is 3.00. The molecule has 1 spiro atoms. The lowest BCUT2D eigenvalue weighted by Gasteiger charge is -2.33. The fourth-order valence-corrected chi connectivity index (χ4v) is 4.38. The van der Waals surface area contributed by atoms with E-state index in [2.05, 4.69) is 22.5 Å². The van der Waals surface area contributed by atoms with E-state index in [1.807, 2.05) is 11.3 Å². The number of piperidine rings is 1. The minimum absolute atomic E-state index is 0.620. The normalized spacial score (nSPS) is 23.2. The summed E-state index contributed by atoms with van der Waals surface area (Å²) >= 11 is 1.85. The van der Waals surface area contributed by atoms with Crippen molar-refractivity contribution < 1.29 is 0 Å². The Morgan fingerprint density at radius 1 is 1.37 bits per heavy atom. The summed E-state index contributed by atoms with van der Waals surface area (Å²) < 4.78 is 0. The number of hydrogen-bond donors (Lipinski definition) is 1. The molecule has 2 aliphatic rings. The molecule has 3 rings (SSSR count). The molecule has 0 bridgehead atoms. The highest BCUT2D eigenvalue weighted by molar-refractivity contribution is 7.09. The lowest BCUT2D eigenvalue weighted by molar-refractivity contribution is 0.194. The van der Waals surface area contributed by atoms with Gasteiger partial charge < -0.3 is 5.32 Å². The topological polar surface area (TPSA) is 28.2 Å². The molecule has 0 amide bonds. The van der Waals surface area contributed by atoms with Crippen molar-refractivity contribution in [3.63, 3.8) is 0 Å². The minimum Gasteiger partial charge on any atom is -0.317 e. The van der Waals surface area contributed by atoms with Gasteiger partial charge in [-0.1, -0.05) is 13.3 Å². The highest BCUT2D eigenvalue weighted by atomic mass is 32.1. The van der Waals surface area contributed by atoms with Crippen molar-refractivity contribution >= 4 is 11.3 Å². The molecule has 1 aromatic rings. The number of rotatable bonds is 4. The number of aromatic nitrogens is 1. The molecule has 106 valence electrons. The Bertz CT molecular complexity index is 409. The van der Waals surface area contributed by atoms with Crippen molar-refractivity contribution in [3.05, 3.63) is 16.1 Å². The lowest BCUT2D eigenvalue weighted by Crippen LogP contribution is -2.38. The van der Waals surface area contributed by atoms with Crippen LogP contribution in [0.2, 0.25) is 0 Å². The Hall–Kier alpha value is -0.450. The summed E-state index contributed by atoms with van der Waals surface area (Å²) in [6.45, 7) is 8.28. The van der Waals surface area contributed by atoms with Crippen LogP contribution >= 0.6 is 11.3 Å². The largest absolute Gasteiger partial charge is 0.317 e. The van der Waals surface area contributed by atoms with E-state index in [0.717, 1.165) is 13.0 Å². The fourth-order valence-electron chi connectivity index (χ4n) is 3.51. The van der Waals surface area contributed by atoms with Crippen LogP contribution in [0.25, 0.3) is 0 Å². The van der Waals surface area contributed by atoms with E-state index >= 15 is 0 Å². The average molecular weight is 279 g/mol. The van der Waals surface area contributed by atoms with Gasteiger partial charge in [-0.3, -0.25) is 4.90 Å². The number of hydrogen-bond acceptors (Lipinski definition) is 4. The standard InChI is InChI=1S/C15H25N3S/c1-2-3-13-11-19-14(17-13)10-18-9-6-15(12-18)4-7-16-8-5-15/h11,16H,2-10,12H2,1H3. The van der Waals surface area contributed by atoms with Crippen LogP contribution < -0.4 is 5.32 Å². The van der Waals surface area contributed by atoms with E-state index in [-0.39, 0.29) is 0 Å². The van der Waals surface area contributed by atoms with Gasteiger partial charge >= 0.3 is 0 Å². The van der Waals surface area contributed by atoms with Crippen LogP contribution in [0.4, 0.5) is 0 Å². The van der Waals surface area contributed by atoms with Gasteiger partial charge in [0.05, 0.1) is 12.2 Å². The van der Waals surface area contributed by atoms with E-state index in [4.69, 9.17) is 4.98 Å². The molecule has 3 heterocycles. The van der Waals surface area contributed by atoms with Crippen molar-refractivity contribution in [2.75, 3.05) is 26.2 Å². The first-order valence-electron chi connectivity index (χ1n) is 7.66. The second-order valence-electron chi connectivity index (χ2n) is 6.19. The molecule has 0 aromatic carbocycles. The molecule has 0 radical (unpaired) electrons. The van der Waals surface area contributed by atoms with Crippen LogP contribution in [0.5, 0.6) is 0 Å². The third-order valence-electron chi connectivity index (χ3n) is 4.65. The van der Waals surface area contributed by atoms with E-state index < -0.39 is 0 Å².